The van der Waals surface area contributed by atoms with E-state index < -0.39 is 18.7 Å². The molecule has 26 heavy (non-hydrogen) atoms. The number of ether oxygens (including phenoxy) is 3. The van der Waals surface area contributed by atoms with E-state index in [1.807, 2.05) is 6.92 Å². The van der Waals surface area contributed by atoms with Crippen molar-refractivity contribution in [2.24, 2.45) is 5.92 Å². The second kappa shape index (κ2) is 8.62. The molecule has 0 N–H and O–H groups in total. The quantitative estimate of drug-likeness (QED) is 0.713. The third-order valence-electron chi connectivity index (χ3n) is 4.55. The lowest BCUT2D eigenvalue weighted by molar-refractivity contribution is -0.148. The zero-order chi connectivity index (χ0) is 19.3. The van der Waals surface area contributed by atoms with E-state index in [1.165, 1.54) is 19.1 Å². The fourth-order valence-corrected chi connectivity index (χ4v) is 3.05. The maximum absolute atomic E-state index is 12.4. The van der Waals surface area contributed by atoms with Crippen LogP contribution in [0.15, 0.2) is 12.1 Å². The second-order valence-electron chi connectivity index (χ2n) is 6.44. The van der Waals surface area contributed by atoms with Gasteiger partial charge in [-0.25, -0.2) is 4.79 Å². The number of carbonyl (C=O) groups excluding carboxylic acids is 1. The van der Waals surface area contributed by atoms with Gasteiger partial charge in [-0.15, -0.1) is 0 Å². The van der Waals surface area contributed by atoms with Crippen LogP contribution in [0.4, 0.5) is 13.2 Å². The molecule has 0 radical (unpaired) electrons. The number of alkyl halides is 3. The smallest absolute Gasteiger partial charge is 0.401 e. The molecule has 1 aliphatic heterocycles. The summed E-state index contributed by atoms with van der Waals surface area (Å²) in [4.78, 5) is 13.7. The topological polar surface area (TPSA) is 48.0 Å². The summed E-state index contributed by atoms with van der Waals surface area (Å²) in [7, 11) is 3.01. The molecule has 8 heteroatoms. The van der Waals surface area contributed by atoms with E-state index in [2.05, 4.69) is 0 Å². The lowest BCUT2D eigenvalue weighted by Gasteiger charge is -2.32. The number of rotatable bonds is 6. The highest BCUT2D eigenvalue weighted by Crippen LogP contribution is 2.30. The molecule has 0 aromatic heterocycles. The summed E-state index contributed by atoms with van der Waals surface area (Å²) in [5.41, 5.74) is 1.10. The number of halogens is 3. The van der Waals surface area contributed by atoms with Crippen LogP contribution >= 0.6 is 0 Å². The van der Waals surface area contributed by atoms with Crippen molar-refractivity contribution in [2.45, 2.75) is 25.9 Å². The summed E-state index contributed by atoms with van der Waals surface area (Å²) >= 11 is 0. The van der Waals surface area contributed by atoms with Crippen molar-refractivity contribution < 1.29 is 32.2 Å². The molecular weight excluding hydrogens is 351 g/mol. The van der Waals surface area contributed by atoms with Crippen molar-refractivity contribution in [1.82, 2.24) is 4.90 Å². The molecular formula is C18H24F3NO4. The Hall–Kier alpha value is -1.96. The molecule has 0 amide bonds. The Labute approximate surface area is 151 Å². The van der Waals surface area contributed by atoms with E-state index in [0.717, 1.165) is 5.56 Å². The number of nitrogens with zero attached hydrogens (tertiary/aromatic N) is 1. The van der Waals surface area contributed by atoms with Crippen LogP contribution in [0.2, 0.25) is 0 Å². The van der Waals surface area contributed by atoms with Crippen LogP contribution in [0.25, 0.3) is 0 Å². The predicted molar refractivity (Wildman–Crippen MR) is 89.8 cm³/mol. The van der Waals surface area contributed by atoms with Gasteiger partial charge in [-0.1, -0.05) is 0 Å². The summed E-state index contributed by atoms with van der Waals surface area (Å²) in [6.45, 7) is 1.84. The molecule has 0 bridgehead atoms. The van der Waals surface area contributed by atoms with Crippen LogP contribution < -0.4 is 9.47 Å². The number of benzene rings is 1. The highest BCUT2D eigenvalue weighted by atomic mass is 19.4. The maximum Gasteiger partial charge on any atom is 0.401 e. The van der Waals surface area contributed by atoms with Crippen molar-refractivity contribution in [3.8, 4) is 11.5 Å². The van der Waals surface area contributed by atoms with Gasteiger partial charge in [0.2, 0.25) is 0 Å². The summed E-state index contributed by atoms with van der Waals surface area (Å²) in [6.07, 6.45) is -3.03. The molecule has 2 rings (SSSR count). The van der Waals surface area contributed by atoms with Crippen LogP contribution in [-0.2, 0) is 4.74 Å². The van der Waals surface area contributed by atoms with Gasteiger partial charge in [0.15, 0.2) is 0 Å². The third kappa shape index (κ3) is 5.52. The fourth-order valence-electron chi connectivity index (χ4n) is 3.05. The second-order valence-corrected chi connectivity index (χ2v) is 6.44. The molecule has 146 valence electrons. The first-order valence-corrected chi connectivity index (χ1v) is 8.42. The van der Waals surface area contributed by atoms with E-state index >= 15 is 0 Å². The molecule has 0 atom stereocenters. The zero-order valence-electron chi connectivity index (χ0n) is 15.2. The molecule has 0 spiro atoms. The van der Waals surface area contributed by atoms with Crippen LogP contribution in [0.5, 0.6) is 11.5 Å². The van der Waals surface area contributed by atoms with Gasteiger partial charge in [0, 0.05) is 5.56 Å². The number of piperidine rings is 1. The average molecular weight is 375 g/mol. The Balaban J connectivity index is 1.88. The summed E-state index contributed by atoms with van der Waals surface area (Å²) < 4.78 is 53.0. The predicted octanol–water partition coefficient (Wildman–Crippen LogP) is 3.44. The van der Waals surface area contributed by atoms with Crippen molar-refractivity contribution in [3.05, 3.63) is 23.3 Å². The highest BCUT2D eigenvalue weighted by molar-refractivity contribution is 5.90. The van der Waals surface area contributed by atoms with E-state index in [1.54, 1.807) is 12.1 Å². The first-order valence-electron chi connectivity index (χ1n) is 8.42. The molecule has 5 nitrogen and oxygen atoms in total. The highest BCUT2D eigenvalue weighted by Gasteiger charge is 2.32. The lowest BCUT2D eigenvalue weighted by atomic mass is 9.98. The number of methoxy groups -OCH3 is 2. The number of esters is 1. The van der Waals surface area contributed by atoms with E-state index in [-0.39, 0.29) is 12.5 Å². The van der Waals surface area contributed by atoms with Gasteiger partial charge in [-0.05, 0) is 50.9 Å². The molecule has 1 aromatic carbocycles. The van der Waals surface area contributed by atoms with E-state index in [0.29, 0.717) is 43.0 Å². The largest absolute Gasteiger partial charge is 0.496 e. The Kier molecular flexibility index (Phi) is 6.75. The van der Waals surface area contributed by atoms with Gasteiger partial charge in [-0.2, -0.15) is 13.2 Å². The summed E-state index contributed by atoms with van der Waals surface area (Å²) in [5, 5.41) is 0. The molecule has 1 saturated heterocycles. The molecule has 0 aliphatic carbocycles. The number of hydrogen-bond donors (Lipinski definition) is 0. The minimum Gasteiger partial charge on any atom is -0.496 e. The van der Waals surface area contributed by atoms with Crippen LogP contribution in [0.3, 0.4) is 0 Å². The Bertz CT molecular complexity index is 600. The van der Waals surface area contributed by atoms with Crippen LogP contribution in [0.1, 0.15) is 28.8 Å². The monoisotopic (exact) mass is 375 g/mol. The zero-order valence-corrected chi connectivity index (χ0v) is 15.2. The van der Waals surface area contributed by atoms with Crippen molar-refractivity contribution in [2.75, 3.05) is 40.5 Å². The van der Waals surface area contributed by atoms with Gasteiger partial charge in [0.25, 0.3) is 0 Å². The summed E-state index contributed by atoms with van der Waals surface area (Å²) in [6, 6.07) is 3.18. The molecule has 1 fully saturated rings. The van der Waals surface area contributed by atoms with E-state index in [9.17, 15) is 18.0 Å². The van der Waals surface area contributed by atoms with Gasteiger partial charge >= 0.3 is 12.1 Å². The summed E-state index contributed by atoms with van der Waals surface area (Å²) in [5.74, 6) is 0.616. The maximum atomic E-state index is 12.4. The Morgan fingerprint density at radius 2 is 1.69 bits per heavy atom. The fraction of sp³-hybridized carbons (Fsp3) is 0.611. The average Bonchev–Trinajstić information content (AvgIpc) is 2.59. The van der Waals surface area contributed by atoms with Crippen LogP contribution in [0, 0.1) is 12.8 Å². The molecule has 0 saturated carbocycles. The Morgan fingerprint density at radius 1 is 1.15 bits per heavy atom. The minimum atomic E-state index is -4.18. The molecule has 0 unspecified atom stereocenters. The minimum absolute atomic E-state index is 0.0673. The number of likely N-dealkylation sites (tertiary alicyclic amines) is 1. The van der Waals surface area contributed by atoms with Crippen molar-refractivity contribution >= 4 is 5.97 Å². The molecule has 1 heterocycles. The van der Waals surface area contributed by atoms with Crippen molar-refractivity contribution in [1.29, 1.82) is 0 Å². The third-order valence-corrected chi connectivity index (χ3v) is 4.55. The number of carbonyl (C=O) groups is 1. The first-order chi connectivity index (χ1) is 12.2. The van der Waals surface area contributed by atoms with Gasteiger partial charge in [0.1, 0.15) is 11.5 Å². The van der Waals surface area contributed by atoms with Gasteiger partial charge < -0.3 is 14.2 Å². The Morgan fingerprint density at radius 3 is 2.15 bits per heavy atom. The van der Waals surface area contributed by atoms with Crippen LogP contribution in [-0.4, -0.2) is 57.5 Å². The van der Waals surface area contributed by atoms with E-state index in [4.69, 9.17) is 14.2 Å². The SMILES string of the molecule is COc1cc(C(=O)OCC2CCN(CC(F)(F)F)CC2)cc(OC)c1C. The normalized spacial score (nSPS) is 16.4. The van der Waals surface area contributed by atoms with Gasteiger partial charge in [-0.3, -0.25) is 4.90 Å². The first kappa shape index (κ1) is 20.4. The van der Waals surface area contributed by atoms with Crippen molar-refractivity contribution in [3.63, 3.8) is 0 Å². The van der Waals surface area contributed by atoms with Gasteiger partial charge in [0.05, 0.1) is 32.9 Å². The molecule has 1 aromatic rings. The number of hydrogen-bond acceptors (Lipinski definition) is 5. The standard InChI is InChI=1S/C18H24F3NO4/c1-12-15(24-2)8-14(9-16(12)25-3)17(23)26-10-13-4-6-22(7-5-13)11-18(19,20)21/h8-9,13H,4-7,10-11H2,1-3H3. The lowest BCUT2D eigenvalue weighted by Crippen LogP contribution is -2.40. The molecule has 1 aliphatic rings.